The summed E-state index contributed by atoms with van der Waals surface area (Å²) < 4.78 is 0. The lowest BCUT2D eigenvalue weighted by Gasteiger charge is -2.06. The fourth-order valence-electron chi connectivity index (χ4n) is 1.58. The maximum atomic E-state index is 11.6. The van der Waals surface area contributed by atoms with Gasteiger partial charge in [0, 0.05) is 28.6 Å². The monoisotopic (exact) mass is 347 g/mol. The van der Waals surface area contributed by atoms with E-state index in [0.29, 0.717) is 21.2 Å². The van der Waals surface area contributed by atoms with Gasteiger partial charge in [0.1, 0.15) is 0 Å². The lowest BCUT2D eigenvalue weighted by molar-refractivity contribution is -0.106. The highest BCUT2D eigenvalue weighted by Gasteiger charge is 2.13. The lowest BCUT2D eigenvalue weighted by atomic mass is 10.0. The molecule has 0 atom stereocenters. The molecule has 1 aromatic carbocycles. The second-order valence-electron chi connectivity index (χ2n) is 3.74. The maximum Gasteiger partial charge on any atom is 0.253 e. The van der Waals surface area contributed by atoms with Gasteiger partial charge in [0.15, 0.2) is 0 Å². The molecule has 0 aliphatic carbocycles. The van der Waals surface area contributed by atoms with Crippen LogP contribution in [0.4, 0.5) is 0 Å². The van der Waals surface area contributed by atoms with Crippen molar-refractivity contribution in [3.05, 3.63) is 63.9 Å². The third-order valence-electron chi connectivity index (χ3n) is 2.43. The van der Waals surface area contributed by atoms with Gasteiger partial charge in [0.2, 0.25) is 0 Å². The molecule has 0 aliphatic rings. The molecular formula is C14H9Cl4NO. The van der Waals surface area contributed by atoms with Crippen LogP contribution in [0.25, 0.3) is 11.6 Å². The molecule has 1 aromatic heterocycles. The Bertz CT molecular complexity index is 641. The van der Waals surface area contributed by atoms with E-state index >= 15 is 0 Å². The van der Waals surface area contributed by atoms with Crippen molar-refractivity contribution in [3.8, 4) is 0 Å². The van der Waals surface area contributed by atoms with Gasteiger partial charge in [-0.25, -0.2) is 0 Å². The molecule has 0 saturated carbocycles. The number of carbonyl (C=O) groups excluding carboxylic acids is 1. The van der Waals surface area contributed by atoms with Gasteiger partial charge in [-0.2, -0.15) is 0 Å². The van der Waals surface area contributed by atoms with Crippen molar-refractivity contribution in [3.63, 3.8) is 0 Å². The number of aromatic nitrogens is 1. The number of carbonyl (C=O) groups is 1. The van der Waals surface area contributed by atoms with Gasteiger partial charge in [-0.1, -0.05) is 35.3 Å². The van der Waals surface area contributed by atoms with Crippen molar-refractivity contribution in [1.29, 1.82) is 0 Å². The molecule has 20 heavy (non-hydrogen) atoms. The third kappa shape index (κ3) is 4.22. The summed E-state index contributed by atoms with van der Waals surface area (Å²) in [6, 6.07) is 8.46. The number of pyridine rings is 1. The van der Waals surface area contributed by atoms with Crippen LogP contribution in [0.3, 0.4) is 0 Å². The van der Waals surface area contributed by atoms with Crippen molar-refractivity contribution >= 4 is 64.1 Å². The Morgan fingerprint density at radius 1 is 1.20 bits per heavy atom. The molecule has 0 radical (unpaired) electrons. The number of hydrogen-bond acceptors (Lipinski definition) is 2. The predicted octanol–water partition coefficient (Wildman–Crippen LogP) is 5.12. The van der Waals surface area contributed by atoms with Crippen molar-refractivity contribution in [2.45, 2.75) is 0 Å². The third-order valence-corrected chi connectivity index (χ3v) is 3.18. The number of rotatable bonds is 3. The number of hydrogen-bond donors (Lipinski definition) is 0. The zero-order chi connectivity index (χ0) is 13.8. The summed E-state index contributed by atoms with van der Waals surface area (Å²) >= 11 is 17.5. The molecule has 0 unspecified atom stereocenters. The Hall–Kier alpha value is -1.06. The molecule has 2 nitrogen and oxygen atoms in total. The van der Waals surface area contributed by atoms with Crippen LogP contribution in [0.1, 0.15) is 11.1 Å². The highest BCUT2D eigenvalue weighted by Crippen LogP contribution is 2.29. The second-order valence-corrected chi connectivity index (χ2v) is 4.93. The molecule has 0 amide bonds. The fraction of sp³-hybridized carbons (Fsp3) is 0. The van der Waals surface area contributed by atoms with E-state index in [1.807, 2.05) is 6.07 Å². The van der Waals surface area contributed by atoms with Crippen LogP contribution >= 0.6 is 47.2 Å². The van der Waals surface area contributed by atoms with Gasteiger partial charge in [-0.15, -0.1) is 12.4 Å². The first-order valence-corrected chi connectivity index (χ1v) is 6.48. The molecule has 0 spiro atoms. The minimum atomic E-state index is -0.590. The van der Waals surface area contributed by atoms with E-state index in [4.69, 9.17) is 34.8 Å². The summed E-state index contributed by atoms with van der Waals surface area (Å²) in [5.74, 6) is 0. The van der Waals surface area contributed by atoms with Gasteiger partial charge in [-0.05, 0) is 41.4 Å². The molecule has 0 bridgehead atoms. The highest BCUT2D eigenvalue weighted by atomic mass is 35.5. The summed E-state index contributed by atoms with van der Waals surface area (Å²) in [7, 11) is 0. The average Bonchev–Trinajstić information content (AvgIpc) is 2.38. The standard InChI is InChI=1S/C14H8Cl3NO.ClH/c15-10-3-4-11(13(16)7-10)12(14(17)19)6-9-2-1-5-18-8-9;/h1-8H;1H/b12-6+;. The van der Waals surface area contributed by atoms with Gasteiger partial charge >= 0.3 is 0 Å². The fourth-order valence-corrected chi connectivity index (χ4v) is 2.24. The Morgan fingerprint density at radius 3 is 2.50 bits per heavy atom. The number of benzene rings is 1. The van der Waals surface area contributed by atoms with Crippen molar-refractivity contribution in [2.75, 3.05) is 0 Å². The molecule has 0 fully saturated rings. The van der Waals surface area contributed by atoms with Crippen molar-refractivity contribution < 1.29 is 4.79 Å². The molecule has 104 valence electrons. The quantitative estimate of drug-likeness (QED) is 0.569. The van der Waals surface area contributed by atoms with E-state index in [1.54, 1.807) is 42.7 Å². The second kappa shape index (κ2) is 7.65. The van der Waals surface area contributed by atoms with E-state index in [1.165, 1.54) is 0 Å². The zero-order valence-corrected chi connectivity index (χ0v) is 13.1. The normalized spacial score (nSPS) is 10.8. The highest BCUT2D eigenvalue weighted by molar-refractivity contribution is 6.75. The summed E-state index contributed by atoms with van der Waals surface area (Å²) in [5, 5.41) is 0.279. The number of nitrogens with zero attached hydrogens (tertiary/aromatic N) is 1. The minimum Gasteiger partial charge on any atom is -0.276 e. The molecule has 6 heteroatoms. The van der Waals surface area contributed by atoms with E-state index < -0.39 is 5.24 Å². The number of halogens is 4. The molecule has 1 heterocycles. The van der Waals surface area contributed by atoms with E-state index in [-0.39, 0.29) is 12.4 Å². The Labute approximate surface area is 137 Å². The average molecular weight is 349 g/mol. The van der Waals surface area contributed by atoms with Crippen LogP contribution in [0.15, 0.2) is 42.7 Å². The predicted molar refractivity (Wildman–Crippen MR) is 86.7 cm³/mol. The Morgan fingerprint density at radius 2 is 1.95 bits per heavy atom. The van der Waals surface area contributed by atoms with Gasteiger partial charge < -0.3 is 0 Å². The largest absolute Gasteiger partial charge is 0.276 e. The summed E-state index contributed by atoms with van der Waals surface area (Å²) in [6.45, 7) is 0. The maximum absolute atomic E-state index is 11.6. The molecular weight excluding hydrogens is 340 g/mol. The van der Waals surface area contributed by atoms with E-state index in [9.17, 15) is 4.79 Å². The molecule has 2 rings (SSSR count). The first-order chi connectivity index (χ1) is 9.08. The van der Waals surface area contributed by atoms with Gasteiger partial charge in [0.25, 0.3) is 5.24 Å². The summed E-state index contributed by atoms with van der Waals surface area (Å²) in [4.78, 5) is 15.5. The summed E-state index contributed by atoms with van der Waals surface area (Å²) in [5.41, 5.74) is 1.60. The molecule has 0 saturated heterocycles. The van der Waals surface area contributed by atoms with Crippen LogP contribution in [0.2, 0.25) is 10.0 Å². The SMILES string of the molecule is Cl.O=C(Cl)/C(=C/c1cccnc1)c1ccc(Cl)cc1Cl. The topological polar surface area (TPSA) is 30.0 Å². The molecule has 0 N–H and O–H groups in total. The smallest absolute Gasteiger partial charge is 0.253 e. The first-order valence-electron chi connectivity index (χ1n) is 5.35. The minimum absolute atomic E-state index is 0. The van der Waals surface area contributed by atoms with Crippen LogP contribution in [-0.2, 0) is 4.79 Å². The van der Waals surface area contributed by atoms with E-state index in [2.05, 4.69) is 4.98 Å². The lowest BCUT2D eigenvalue weighted by Crippen LogP contribution is -1.94. The molecule has 2 aromatic rings. The van der Waals surface area contributed by atoms with Crippen molar-refractivity contribution in [2.24, 2.45) is 0 Å². The van der Waals surface area contributed by atoms with Crippen LogP contribution in [0.5, 0.6) is 0 Å². The van der Waals surface area contributed by atoms with Crippen LogP contribution < -0.4 is 0 Å². The Kier molecular flexibility index (Phi) is 6.50. The van der Waals surface area contributed by atoms with Crippen molar-refractivity contribution in [1.82, 2.24) is 4.98 Å². The van der Waals surface area contributed by atoms with Crippen LogP contribution in [0, 0.1) is 0 Å². The first kappa shape index (κ1) is 17.0. The summed E-state index contributed by atoms with van der Waals surface area (Å²) in [6.07, 6.45) is 4.91. The number of allylic oxidation sites excluding steroid dienone is 1. The van der Waals surface area contributed by atoms with E-state index in [0.717, 1.165) is 5.56 Å². The molecule has 0 aliphatic heterocycles. The van der Waals surface area contributed by atoms with Crippen LogP contribution in [-0.4, -0.2) is 10.2 Å². The van der Waals surface area contributed by atoms with Gasteiger partial charge in [-0.3, -0.25) is 9.78 Å². The Balaban J connectivity index is 0.00000200. The zero-order valence-electron chi connectivity index (χ0n) is 10.0. The van der Waals surface area contributed by atoms with Gasteiger partial charge in [0.05, 0.1) is 5.02 Å².